The Hall–Kier alpha value is -2.68. The van der Waals surface area contributed by atoms with Gasteiger partial charge in [-0.2, -0.15) is 5.10 Å². The molecule has 0 radical (unpaired) electrons. The Balaban J connectivity index is 1.59. The fourth-order valence-corrected chi connectivity index (χ4v) is 3.09. The van der Waals surface area contributed by atoms with Crippen molar-refractivity contribution in [2.24, 2.45) is 5.10 Å². The zero-order chi connectivity index (χ0) is 18.4. The van der Waals surface area contributed by atoms with Crippen LogP contribution in [0.4, 0.5) is 5.69 Å². The van der Waals surface area contributed by atoms with Crippen LogP contribution in [0, 0.1) is 10.1 Å². The van der Waals surface area contributed by atoms with Crippen LogP contribution in [0.3, 0.4) is 0 Å². The number of nitro benzene ring substituents is 1. The molecule has 2 aliphatic heterocycles. The van der Waals surface area contributed by atoms with Gasteiger partial charge >= 0.3 is 0 Å². The first-order valence-corrected chi connectivity index (χ1v) is 8.76. The van der Waals surface area contributed by atoms with Crippen LogP contribution in [-0.4, -0.2) is 48.4 Å². The standard InChI is InChI=1S/C17H22N4O5/c22-17(11-20-6-4-2-1-3-5-7-20)19-18-10-13-8-15-16(26-12-25-15)9-14(13)21(23)24/h8-10H,1-7,11-12H2,(H,19,22). The summed E-state index contributed by atoms with van der Waals surface area (Å²) in [5.41, 5.74) is 2.53. The molecule has 2 heterocycles. The van der Waals surface area contributed by atoms with Gasteiger partial charge in [-0.3, -0.25) is 19.8 Å². The second-order valence-electron chi connectivity index (χ2n) is 6.36. The third-order valence-corrected chi connectivity index (χ3v) is 4.43. The number of nitrogens with zero attached hydrogens (tertiary/aromatic N) is 3. The van der Waals surface area contributed by atoms with Crippen molar-refractivity contribution in [3.63, 3.8) is 0 Å². The lowest BCUT2D eigenvalue weighted by Crippen LogP contribution is -2.37. The number of hydrogen-bond donors (Lipinski definition) is 1. The van der Waals surface area contributed by atoms with E-state index in [-0.39, 0.29) is 30.5 Å². The Bertz CT molecular complexity index is 699. The molecule has 9 heteroatoms. The Labute approximate surface area is 151 Å². The molecule has 0 aromatic heterocycles. The molecule has 0 aliphatic carbocycles. The van der Waals surface area contributed by atoms with Gasteiger partial charge in [0.1, 0.15) is 0 Å². The first kappa shape index (κ1) is 18.1. The number of fused-ring (bicyclic) bond motifs is 1. The van der Waals surface area contributed by atoms with Gasteiger partial charge in [0.05, 0.1) is 29.3 Å². The lowest BCUT2D eigenvalue weighted by atomic mass is 10.1. The summed E-state index contributed by atoms with van der Waals surface area (Å²) >= 11 is 0. The van der Waals surface area contributed by atoms with E-state index >= 15 is 0 Å². The molecule has 3 rings (SSSR count). The number of likely N-dealkylation sites (tertiary alicyclic amines) is 1. The summed E-state index contributed by atoms with van der Waals surface area (Å²) in [6, 6.07) is 2.78. The molecule has 0 spiro atoms. The number of nitro groups is 1. The molecule has 1 N–H and O–H groups in total. The minimum atomic E-state index is -0.522. The average Bonchev–Trinajstić information content (AvgIpc) is 3.03. The molecule has 1 amide bonds. The minimum Gasteiger partial charge on any atom is -0.454 e. The summed E-state index contributed by atoms with van der Waals surface area (Å²) in [5.74, 6) is 0.518. The predicted octanol–water partition coefficient (Wildman–Crippen LogP) is 2.04. The SMILES string of the molecule is O=C(CN1CCCCCCC1)NN=Cc1cc2c(cc1[N+](=O)[O-])OCO2. The first-order valence-electron chi connectivity index (χ1n) is 8.76. The van der Waals surface area contributed by atoms with Crippen molar-refractivity contribution in [2.45, 2.75) is 32.1 Å². The maximum Gasteiger partial charge on any atom is 0.282 e. The highest BCUT2D eigenvalue weighted by molar-refractivity contribution is 5.88. The summed E-state index contributed by atoms with van der Waals surface area (Å²) in [6.45, 7) is 2.12. The molecule has 2 aliphatic rings. The van der Waals surface area contributed by atoms with Crippen LogP contribution in [-0.2, 0) is 4.79 Å². The van der Waals surface area contributed by atoms with E-state index in [1.54, 1.807) is 0 Å². The van der Waals surface area contributed by atoms with E-state index in [0.29, 0.717) is 11.5 Å². The van der Waals surface area contributed by atoms with E-state index in [0.717, 1.165) is 25.9 Å². The molecule has 1 fully saturated rings. The lowest BCUT2D eigenvalue weighted by molar-refractivity contribution is -0.385. The number of amides is 1. The van der Waals surface area contributed by atoms with Gasteiger partial charge < -0.3 is 9.47 Å². The van der Waals surface area contributed by atoms with Crippen LogP contribution >= 0.6 is 0 Å². The smallest absolute Gasteiger partial charge is 0.282 e. The van der Waals surface area contributed by atoms with E-state index in [4.69, 9.17) is 9.47 Å². The van der Waals surface area contributed by atoms with Gasteiger partial charge in [-0.05, 0) is 32.0 Å². The van der Waals surface area contributed by atoms with Gasteiger partial charge in [0, 0.05) is 0 Å². The predicted molar refractivity (Wildman–Crippen MR) is 94.5 cm³/mol. The zero-order valence-corrected chi connectivity index (χ0v) is 14.5. The van der Waals surface area contributed by atoms with E-state index in [9.17, 15) is 14.9 Å². The number of hydrogen-bond acceptors (Lipinski definition) is 7. The molecule has 9 nitrogen and oxygen atoms in total. The van der Waals surface area contributed by atoms with Crippen molar-refractivity contribution >= 4 is 17.8 Å². The van der Waals surface area contributed by atoms with Crippen molar-refractivity contribution < 1.29 is 19.2 Å². The first-order chi connectivity index (χ1) is 12.6. The molecule has 1 aromatic carbocycles. The van der Waals surface area contributed by atoms with Crippen molar-refractivity contribution in [2.75, 3.05) is 26.4 Å². The normalized spacial score (nSPS) is 17.7. The fraction of sp³-hybridized carbons (Fsp3) is 0.529. The third kappa shape index (κ3) is 4.69. The number of benzene rings is 1. The number of hydrazone groups is 1. The van der Waals surface area contributed by atoms with E-state index in [1.807, 2.05) is 0 Å². The highest BCUT2D eigenvalue weighted by atomic mass is 16.7. The van der Waals surface area contributed by atoms with Crippen molar-refractivity contribution in [1.29, 1.82) is 0 Å². The van der Waals surface area contributed by atoms with Crippen LogP contribution in [0.1, 0.15) is 37.7 Å². The Kier molecular flexibility index (Phi) is 6.00. The fourth-order valence-electron chi connectivity index (χ4n) is 3.09. The van der Waals surface area contributed by atoms with Crippen LogP contribution < -0.4 is 14.9 Å². The lowest BCUT2D eigenvalue weighted by Gasteiger charge is -2.23. The number of ether oxygens (including phenoxy) is 2. The molecule has 0 saturated carbocycles. The van der Waals surface area contributed by atoms with Gasteiger partial charge in [-0.25, -0.2) is 5.43 Å². The Morgan fingerprint density at radius 2 is 1.85 bits per heavy atom. The molecule has 26 heavy (non-hydrogen) atoms. The summed E-state index contributed by atoms with van der Waals surface area (Å²) in [7, 11) is 0. The van der Waals surface area contributed by atoms with Gasteiger partial charge in [0.25, 0.3) is 11.6 Å². The number of rotatable bonds is 5. The quantitative estimate of drug-likeness (QED) is 0.488. The largest absolute Gasteiger partial charge is 0.454 e. The number of carbonyl (C=O) groups excluding carboxylic acids is 1. The molecule has 0 unspecified atom stereocenters. The second-order valence-corrected chi connectivity index (χ2v) is 6.36. The van der Waals surface area contributed by atoms with Crippen molar-refractivity contribution in [3.05, 3.63) is 27.8 Å². The molecule has 1 saturated heterocycles. The summed E-state index contributed by atoms with van der Waals surface area (Å²) in [6.07, 6.45) is 7.11. The summed E-state index contributed by atoms with van der Waals surface area (Å²) in [4.78, 5) is 24.9. The van der Waals surface area contributed by atoms with Gasteiger partial charge in [-0.15, -0.1) is 0 Å². The van der Waals surface area contributed by atoms with Crippen molar-refractivity contribution in [1.82, 2.24) is 10.3 Å². The molecule has 0 atom stereocenters. The highest BCUT2D eigenvalue weighted by Crippen LogP contribution is 2.37. The van der Waals surface area contributed by atoms with Crippen LogP contribution in [0.25, 0.3) is 0 Å². The monoisotopic (exact) mass is 362 g/mol. The van der Waals surface area contributed by atoms with Gasteiger partial charge in [0.15, 0.2) is 11.5 Å². The Morgan fingerprint density at radius 1 is 1.19 bits per heavy atom. The Morgan fingerprint density at radius 3 is 2.54 bits per heavy atom. The third-order valence-electron chi connectivity index (χ3n) is 4.43. The van der Waals surface area contributed by atoms with E-state index in [2.05, 4.69) is 15.4 Å². The average molecular weight is 362 g/mol. The summed E-state index contributed by atoms with van der Waals surface area (Å²) in [5, 5.41) is 15.1. The maximum atomic E-state index is 12.1. The molecular weight excluding hydrogens is 340 g/mol. The number of nitrogens with one attached hydrogen (secondary N) is 1. The summed E-state index contributed by atoms with van der Waals surface area (Å²) < 4.78 is 10.4. The van der Waals surface area contributed by atoms with Crippen LogP contribution in [0.2, 0.25) is 0 Å². The van der Waals surface area contributed by atoms with Crippen LogP contribution in [0.5, 0.6) is 11.5 Å². The van der Waals surface area contributed by atoms with E-state index < -0.39 is 4.92 Å². The maximum absolute atomic E-state index is 12.1. The zero-order valence-electron chi connectivity index (χ0n) is 14.5. The minimum absolute atomic E-state index is 0.0274. The molecule has 0 bridgehead atoms. The van der Waals surface area contributed by atoms with E-state index in [1.165, 1.54) is 37.6 Å². The number of carbonyl (C=O) groups is 1. The van der Waals surface area contributed by atoms with Crippen LogP contribution in [0.15, 0.2) is 17.2 Å². The second kappa shape index (κ2) is 8.61. The molecule has 140 valence electrons. The highest BCUT2D eigenvalue weighted by Gasteiger charge is 2.22. The van der Waals surface area contributed by atoms with Crippen molar-refractivity contribution in [3.8, 4) is 11.5 Å². The molecule has 1 aromatic rings. The van der Waals surface area contributed by atoms with Gasteiger partial charge in [0.2, 0.25) is 6.79 Å². The molecular formula is C17H22N4O5. The van der Waals surface area contributed by atoms with Gasteiger partial charge in [-0.1, -0.05) is 19.3 Å². The topological polar surface area (TPSA) is 106 Å².